The van der Waals surface area contributed by atoms with Crippen molar-refractivity contribution < 1.29 is 24.0 Å². The van der Waals surface area contributed by atoms with Gasteiger partial charge in [-0.05, 0) is 80.4 Å². The Morgan fingerprint density at radius 1 is 0.642 bits per heavy atom. The molecular weight excluding hydrogens is 661 g/mol. The van der Waals surface area contributed by atoms with E-state index in [0.29, 0.717) is 32.1 Å². The Bertz CT molecular complexity index is 1660. The summed E-state index contributed by atoms with van der Waals surface area (Å²) in [6.45, 7) is 12.0. The third kappa shape index (κ3) is 13.5. The molecule has 7 nitrogen and oxygen atoms in total. The molecule has 0 spiro atoms. The Labute approximate surface area is 317 Å². The summed E-state index contributed by atoms with van der Waals surface area (Å²) in [7, 11) is 0. The fourth-order valence-corrected chi connectivity index (χ4v) is 7.01. The van der Waals surface area contributed by atoms with Gasteiger partial charge in [0.15, 0.2) is 11.6 Å². The standard InChI is InChI=1S/C46H60N2O5/c1-31(2)25-40(47-44(52)37(22-21-34-13-9-7-10-14-34)29-39(49)28-36-19-17-33(5)18-20-36)42(50)30-38(27-35-15-11-8-12-16-35)45(53)48-41(26-32(3)4)43(51)46(6)23-24-46/h7-20,31-32,37-38,40-41H,21-30H2,1-6H3,(H,47,52)(H,48,53)/t37-,38?,40+,41?/m1/s1. The first kappa shape index (κ1) is 41.4. The quantitative estimate of drug-likeness (QED) is 0.109. The van der Waals surface area contributed by atoms with E-state index in [0.717, 1.165) is 35.1 Å². The Morgan fingerprint density at radius 2 is 1.17 bits per heavy atom. The molecule has 4 rings (SSSR count). The van der Waals surface area contributed by atoms with Crippen LogP contribution >= 0.6 is 0 Å². The molecule has 1 aliphatic carbocycles. The first-order valence-corrected chi connectivity index (χ1v) is 19.5. The number of Topliss-reactive ketones (excluding diaryl/α,β-unsaturated/α-hetero) is 3. The lowest BCUT2D eigenvalue weighted by Gasteiger charge is -2.27. The number of amides is 2. The highest BCUT2D eigenvalue weighted by atomic mass is 16.2. The smallest absolute Gasteiger partial charge is 0.224 e. The normalized spacial score (nSPS) is 15.6. The van der Waals surface area contributed by atoms with Crippen LogP contribution in [0.2, 0.25) is 0 Å². The Balaban J connectivity index is 1.53. The lowest BCUT2D eigenvalue weighted by molar-refractivity contribution is -0.135. The monoisotopic (exact) mass is 720 g/mol. The van der Waals surface area contributed by atoms with Crippen LogP contribution in [0.25, 0.3) is 0 Å². The molecule has 284 valence electrons. The molecule has 7 heteroatoms. The molecule has 1 aliphatic rings. The molecular formula is C46H60N2O5. The van der Waals surface area contributed by atoms with E-state index < -0.39 is 29.3 Å². The molecule has 2 unspecified atom stereocenters. The van der Waals surface area contributed by atoms with Crippen LogP contribution in [0.5, 0.6) is 0 Å². The molecule has 2 N–H and O–H groups in total. The van der Waals surface area contributed by atoms with Gasteiger partial charge in [0, 0.05) is 36.5 Å². The summed E-state index contributed by atoms with van der Waals surface area (Å²) in [6, 6.07) is 25.9. The fraction of sp³-hybridized carbons (Fsp3) is 0.500. The molecule has 53 heavy (non-hydrogen) atoms. The maximum Gasteiger partial charge on any atom is 0.224 e. The van der Waals surface area contributed by atoms with Crippen molar-refractivity contribution in [1.29, 1.82) is 0 Å². The molecule has 0 radical (unpaired) electrons. The largest absolute Gasteiger partial charge is 0.346 e. The van der Waals surface area contributed by atoms with Crippen molar-refractivity contribution in [3.8, 4) is 0 Å². The van der Waals surface area contributed by atoms with Crippen LogP contribution in [-0.4, -0.2) is 41.2 Å². The number of hydrogen-bond acceptors (Lipinski definition) is 5. The molecule has 0 saturated heterocycles. The van der Waals surface area contributed by atoms with Crippen LogP contribution in [0.1, 0.15) is 102 Å². The van der Waals surface area contributed by atoms with E-state index in [4.69, 9.17) is 0 Å². The van der Waals surface area contributed by atoms with Crippen LogP contribution in [0.4, 0.5) is 0 Å². The maximum absolute atomic E-state index is 14.3. The summed E-state index contributed by atoms with van der Waals surface area (Å²) < 4.78 is 0. The summed E-state index contributed by atoms with van der Waals surface area (Å²) in [5.41, 5.74) is 3.61. The SMILES string of the molecule is Cc1ccc(CC(=O)C[C@@H](CCc2ccccc2)C(=O)N[C@@H](CC(C)C)C(=O)CC(Cc2ccccc2)C(=O)NC(CC(C)C)C(=O)C2(C)CC2)cc1. The molecule has 3 aromatic rings. The zero-order chi connectivity index (χ0) is 38.5. The van der Waals surface area contributed by atoms with Crippen molar-refractivity contribution in [3.63, 3.8) is 0 Å². The van der Waals surface area contributed by atoms with Gasteiger partial charge in [-0.1, -0.05) is 125 Å². The average Bonchev–Trinajstić information content (AvgIpc) is 3.88. The molecule has 2 amide bonds. The Hall–Kier alpha value is -4.39. The second kappa shape index (κ2) is 19.6. The van der Waals surface area contributed by atoms with Crippen molar-refractivity contribution in [1.82, 2.24) is 10.6 Å². The molecule has 4 atom stereocenters. The van der Waals surface area contributed by atoms with Gasteiger partial charge in [-0.15, -0.1) is 0 Å². The molecule has 0 aliphatic heterocycles. The number of ketones is 3. The summed E-state index contributed by atoms with van der Waals surface area (Å²) in [4.78, 5) is 69.3. The van der Waals surface area contributed by atoms with E-state index in [2.05, 4.69) is 10.6 Å². The van der Waals surface area contributed by atoms with Crippen molar-refractivity contribution >= 4 is 29.2 Å². The summed E-state index contributed by atoms with van der Waals surface area (Å²) in [6.07, 6.45) is 4.21. The van der Waals surface area contributed by atoms with E-state index in [1.165, 1.54) is 0 Å². The van der Waals surface area contributed by atoms with Crippen molar-refractivity contribution in [2.24, 2.45) is 29.1 Å². The minimum Gasteiger partial charge on any atom is -0.346 e. The maximum atomic E-state index is 14.3. The van der Waals surface area contributed by atoms with Gasteiger partial charge in [0.1, 0.15) is 5.78 Å². The first-order valence-electron chi connectivity index (χ1n) is 19.5. The third-order valence-corrected chi connectivity index (χ3v) is 10.5. The number of rotatable bonds is 22. The van der Waals surface area contributed by atoms with E-state index >= 15 is 0 Å². The fourth-order valence-electron chi connectivity index (χ4n) is 7.01. The number of carbonyl (C=O) groups excluding carboxylic acids is 5. The lowest BCUT2D eigenvalue weighted by Crippen LogP contribution is -2.49. The highest BCUT2D eigenvalue weighted by Crippen LogP contribution is 2.47. The number of carbonyl (C=O) groups is 5. The van der Waals surface area contributed by atoms with Gasteiger partial charge in [-0.2, -0.15) is 0 Å². The Morgan fingerprint density at radius 3 is 1.74 bits per heavy atom. The van der Waals surface area contributed by atoms with Gasteiger partial charge in [0.2, 0.25) is 11.8 Å². The molecule has 0 heterocycles. The first-order chi connectivity index (χ1) is 25.2. The Kier molecular flexibility index (Phi) is 15.3. The van der Waals surface area contributed by atoms with Gasteiger partial charge >= 0.3 is 0 Å². The van der Waals surface area contributed by atoms with Gasteiger partial charge < -0.3 is 10.6 Å². The molecule has 0 aromatic heterocycles. The van der Waals surface area contributed by atoms with Crippen LogP contribution in [0, 0.1) is 36.0 Å². The molecule has 3 aromatic carbocycles. The zero-order valence-electron chi connectivity index (χ0n) is 32.7. The minimum atomic E-state index is -0.821. The second-order valence-corrected chi connectivity index (χ2v) is 16.5. The average molecular weight is 721 g/mol. The van der Waals surface area contributed by atoms with Crippen molar-refractivity contribution in [2.45, 2.75) is 118 Å². The topological polar surface area (TPSA) is 109 Å². The highest BCUT2D eigenvalue weighted by Gasteiger charge is 2.48. The highest BCUT2D eigenvalue weighted by molar-refractivity contribution is 5.97. The molecule has 0 bridgehead atoms. The van der Waals surface area contributed by atoms with Gasteiger partial charge in [0.05, 0.1) is 12.1 Å². The van der Waals surface area contributed by atoms with Gasteiger partial charge in [-0.25, -0.2) is 0 Å². The summed E-state index contributed by atoms with van der Waals surface area (Å²) in [5, 5.41) is 6.13. The molecule has 1 fully saturated rings. The number of nitrogens with one attached hydrogen (secondary N) is 2. The van der Waals surface area contributed by atoms with Crippen LogP contribution in [0.15, 0.2) is 84.9 Å². The summed E-state index contributed by atoms with van der Waals surface area (Å²) in [5.74, 6) is -1.89. The van der Waals surface area contributed by atoms with E-state index in [-0.39, 0.29) is 60.3 Å². The van der Waals surface area contributed by atoms with Crippen LogP contribution < -0.4 is 10.6 Å². The van der Waals surface area contributed by atoms with Crippen molar-refractivity contribution in [3.05, 3.63) is 107 Å². The van der Waals surface area contributed by atoms with Crippen LogP contribution in [-0.2, 0) is 43.2 Å². The van der Waals surface area contributed by atoms with Crippen molar-refractivity contribution in [2.75, 3.05) is 0 Å². The van der Waals surface area contributed by atoms with Gasteiger partial charge in [0.25, 0.3) is 0 Å². The van der Waals surface area contributed by atoms with E-state index in [9.17, 15) is 24.0 Å². The predicted molar refractivity (Wildman–Crippen MR) is 211 cm³/mol. The van der Waals surface area contributed by atoms with E-state index in [1.807, 2.05) is 126 Å². The third-order valence-electron chi connectivity index (χ3n) is 10.5. The van der Waals surface area contributed by atoms with Gasteiger partial charge in [-0.3, -0.25) is 24.0 Å². The van der Waals surface area contributed by atoms with E-state index in [1.54, 1.807) is 0 Å². The number of benzene rings is 3. The van der Waals surface area contributed by atoms with Crippen LogP contribution in [0.3, 0.4) is 0 Å². The molecule has 1 saturated carbocycles. The minimum absolute atomic E-state index is 0.0287. The number of hydrogen-bond donors (Lipinski definition) is 2. The number of aryl methyl sites for hydroxylation is 2. The predicted octanol–water partition coefficient (Wildman–Crippen LogP) is 7.99. The summed E-state index contributed by atoms with van der Waals surface area (Å²) >= 11 is 0. The zero-order valence-corrected chi connectivity index (χ0v) is 32.7. The lowest BCUT2D eigenvalue weighted by atomic mass is 9.87. The second-order valence-electron chi connectivity index (χ2n) is 16.5.